The molecule has 3 N–H and O–H groups in total. The molecule has 1 unspecified atom stereocenters. The molecule has 0 aliphatic carbocycles. The molecule has 5 heteroatoms. The van der Waals surface area contributed by atoms with Gasteiger partial charge in [0.2, 0.25) is 0 Å². The molecule has 1 atom stereocenters. The lowest BCUT2D eigenvalue weighted by atomic mass is 10.1. The number of hydrazine groups is 1. The maximum absolute atomic E-state index is 5.56. The van der Waals surface area contributed by atoms with Crippen LogP contribution in [0, 0.1) is 0 Å². The minimum Gasteiger partial charge on any atom is -0.380 e. The molecule has 1 aromatic carbocycles. The number of hydrogen-bond donors (Lipinski definition) is 2. The zero-order valence-electron chi connectivity index (χ0n) is 9.76. The van der Waals surface area contributed by atoms with Crippen LogP contribution in [0.4, 0.5) is 0 Å². The Hall–Kier alpha value is -1.56. The van der Waals surface area contributed by atoms with Gasteiger partial charge in [0.05, 0.1) is 23.7 Å². The van der Waals surface area contributed by atoms with Crippen molar-refractivity contribution in [2.75, 3.05) is 13.2 Å². The minimum absolute atomic E-state index is 0.0738. The van der Waals surface area contributed by atoms with Crippen LogP contribution in [0.3, 0.4) is 0 Å². The van der Waals surface area contributed by atoms with E-state index in [0.29, 0.717) is 13.2 Å². The molecule has 5 nitrogen and oxygen atoms in total. The van der Waals surface area contributed by atoms with E-state index in [4.69, 9.17) is 10.6 Å². The van der Waals surface area contributed by atoms with Crippen molar-refractivity contribution in [1.29, 1.82) is 0 Å². The Bertz CT molecular complexity index is 483. The number of rotatable bonds is 5. The van der Waals surface area contributed by atoms with Crippen LogP contribution in [-0.4, -0.2) is 23.2 Å². The summed E-state index contributed by atoms with van der Waals surface area (Å²) in [7, 11) is 0. The maximum atomic E-state index is 5.56. The number of hydrogen-bond acceptors (Lipinski definition) is 5. The number of benzene rings is 1. The van der Waals surface area contributed by atoms with Crippen molar-refractivity contribution >= 4 is 11.0 Å². The molecule has 2 rings (SSSR count). The van der Waals surface area contributed by atoms with Crippen LogP contribution in [0.5, 0.6) is 0 Å². The summed E-state index contributed by atoms with van der Waals surface area (Å²) in [6.45, 7) is 3.13. The van der Waals surface area contributed by atoms with Gasteiger partial charge in [0.25, 0.3) is 0 Å². The lowest BCUT2D eigenvalue weighted by molar-refractivity contribution is 0.123. The van der Waals surface area contributed by atoms with Crippen molar-refractivity contribution in [3.05, 3.63) is 36.2 Å². The Morgan fingerprint density at radius 1 is 1.35 bits per heavy atom. The molecule has 0 amide bonds. The van der Waals surface area contributed by atoms with Gasteiger partial charge in [-0.1, -0.05) is 12.1 Å². The standard InChI is InChI=1S/C12H16N4O/c1-2-17-8-11(16-13)9-4-3-5-10-12(9)15-7-6-14-10/h3-7,11,16H,2,8,13H2,1H3. The van der Waals surface area contributed by atoms with Crippen molar-refractivity contribution in [1.82, 2.24) is 15.4 Å². The quantitative estimate of drug-likeness (QED) is 0.598. The summed E-state index contributed by atoms with van der Waals surface area (Å²) in [6, 6.07) is 5.79. The molecule has 90 valence electrons. The number of nitrogens with one attached hydrogen (secondary N) is 1. The fraction of sp³-hybridized carbons (Fsp3) is 0.333. The van der Waals surface area contributed by atoms with E-state index in [1.165, 1.54) is 0 Å². The molecule has 0 radical (unpaired) electrons. The molecule has 1 aromatic heterocycles. The normalized spacial score (nSPS) is 12.8. The SMILES string of the molecule is CCOCC(NN)c1cccc2nccnc12. The van der Waals surface area contributed by atoms with Gasteiger partial charge in [0.15, 0.2) is 0 Å². The van der Waals surface area contributed by atoms with Crippen LogP contribution in [0.2, 0.25) is 0 Å². The van der Waals surface area contributed by atoms with E-state index in [1.54, 1.807) is 12.4 Å². The van der Waals surface area contributed by atoms with E-state index in [0.717, 1.165) is 16.6 Å². The topological polar surface area (TPSA) is 73.1 Å². The zero-order chi connectivity index (χ0) is 12.1. The number of ether oxygens (including phenoxy) is 1. The minimum atomic E-state index is -0.0738. The first-order chi connectivity index (χ1) is 8.36. The van der Waals surface area contributed by atoms with E-state index >= 15 is 0 Å². The fourth-order valence-electron chi connectivity index (χ4n) is 1.76. The molecule has 0 saturated heterocycles. The Morgan fingerprint density at radius 3 is 2.94 bits per heavy atom. The van der Waals surface area contributed by atoms with Crippen molar-refractivity contribution in [3.8, 4) is 0 Å². The molecule has 0 fully saturated rings. The van der Waals surface area contributed by atoms with E-state index in [-0.39, 0.29) is 6.04 Å². The van der Waals surface area contributed by atoms with E-state index in [9.17, 15) is 0 Å². The van der Waals surface area contributed by atoms with Crippen molar-refractivity contribution in [2.45, 2.75) is 13.0 Å². The zero-order valence-corrected chi connectivity index (χ0v) is 9.76. The summed E-state index contributed by atoms with van der Waals surface area (Å²) in [5, 5.41) is 0. The molecule has 2 aromatic rings. The maximum Gasteiger partial charge on any atom is 0.0935 e. The summed E-state index contributed by atoms with van der Waals surface area (Å²) in [4.78, 5) is 8.61. The molecule has 17 heavy (non-hydrogen) atoms. The summed E-state index contributed by atoms with van der Waals surface area (Å²) in [5.74, 6) is 5.56. The summed E-state index contributed by atoms with van der Waals surface area (Å²) >= 11 is 0. The van der Waals surface area contributed by atoms with E-state index < -0.39 is 0 Å². The van der Waals surface area contributed by atoms with Crippen molar-refractivity contribution in [2.24, 2.45) is 5.84 Å². The van der Waals surface area contributed by atoms with Gasteiger partial charge in [0, 0.05) is 24.6 Å². The lowest BCUT2D eigenvalue weighted by Crippen LogP contribution is -2.31. The van der Waals surface area contributed by atoms with Gasteiger partial charge in [-0.25, -0.2) is 0 Å². The van der Waals surface area contributed by atoms with Gasteiger partial charge in [0.1, 0.15) is 0 Å². The van der Waals surface area contributed by atoms with Gasteiger partial charge in [-0.2, -0.15) is 0 Å². The number of fused-ring (bicyclic) bond motifs is 1. The Balaban J connectivity index is 2.38. The van der Waals surface area contributed by atoms with Crippen LogP contribution >= 0.6 is 0 Å². The molecular weight excluding hydrogens is 216 g/mol. The molecule has 0 aliphatic rings. The third kappa shape index (κ3) is 2.58. The van der Waals surface area contributed by atoms with Crippen LogP contribution in [0.1, 0.15) is 18.5 Å². The predicted octanol–water partition coefficient (Wildman–Crippen LogP) is 1.17. The Morgan fingerprint density at radius 2 is 2.18 bits per heavy atom. The fourth-order valence-corrected chi connectivity index (χ4v) is 1.76. The summed E-state index contributed by atoms with van der Waals surface area (Å²) in [6.07, 6.45) is 3.36. The lowest BCUT2D eigenvalue weighted by Gasteiger charge is -2.17. The smallest absolute Gasteiger partial charge is 0.0935 e. The molecule has 0 saturated carbocycles. The highest BCUT2D eigenvalue weighted by Crippen LogP contribution is 2.20. The number of nitrogens with two attached hydrogens (primary N) is 1. The van der Waals surface area contributed by atoms with Crippen LogP contribution in [0.15, 0.2) is 30.6 Å². The molecule has 1 heterocycles. The largest absolute Gasteiger partial charge is 0.380 e. The molecule has 0 aliphatic heterocycles. The molecule has 0 spiro atoms. The second kappa shape index (κ2) is 5.67. The highest BCUT2D eigenvalue weighted by atomic mass is 16.5. The highest BCUT2D eigenvalue weighted by molar-refractivity contribution is 5.78. The molecular formula is C12H16N4O. The number of para-hydroxylation sites is 1. The van der Waals surface area contributed by atoms with E-state index in [1.807, 2.05) is 25.1 Å². The summed E-state index contributed by atoms with van der Waals surface area (Å²) < 4.78 is 5.40. The van der Waals surface area contributed by atoms with Gasteiger partial charge in [-0.3, -0.25) is 21.2 Å². The van der Waals surface area contributed by atoms with Gasteiger partial charge in [-0.05, 0) is 13.0 Å². The predicted molar refractivity (Wildman–Crippen MR) is 66.1 cm³/mol. The average molecular weight is 232 g/mol. The monoisotopic (exact) mass is 232 g/mol. The van der Waals surface area contributed by atoms with Gasteiger partial charge >= 0.3 is 0 Å². The Labute approximate surface area is 100.0 Å². The third-order valence-corrected chi connectivity index (χ3v) is 2.60. The van der Waals surface area contributed by atoms with Gasteiger partial charge < -0.3 is 4.74 Å². The molecule has 0 bridgehead atoms. The highest BCUT2D eigenvalue weighted by Gasteiger charge is 2.13. The van der Waals surface area contributed by atoms with Crippen LogP contribution < -0.4 is 11.3 Å². The van der Waals surface area contributed by atoms with Crippen molar-refractivity contribution in [3.63, 3.8) is 0 Å². The number of nitrogens with zero attached hydrogens (tertiary/aromatic N) is 2. The van der Waals surface area contributed by atoms with Crippen molar-refractivity contribution < 1.29 is 4.74 Å². The van der Waals surface area contributed by atoms with Crippen LogP contribution in [-0.2, 0) is 4.74 Å². The second-order valence-corrected chi connectivity index (χ2v) is 3.65. The Kier molecular flexibility index (Phi) is 3.98. The summed E-state index contributed by atoms with van der Waals surface area (Å²) in [5.41, 5.74) is 5.48. The first-order valence-corrected chi connectivity index (χ1v) is 5.60. The third-order valence-electron chi connectivity index (χ3n) is 2.60. The van der Waals surface area contributed by atoms with E-state index in [2.05, 4.69) is 15.4 Å². The first-order valence-electron chi connectivity index (χ1n) is 5.60. The second-order valence-electron chi connectivity index (χ2n) is 3.65. The van der Waals surface area contributed by atoms with Crippen LogP contribution in [0.25, 0.3) is 11.0 Å². The van der Waals surface area contributed by atoms with Gasteiger partial charge in [-0.15, -0.1) is 0 Å². The average Bonchev–Trinajstić information content (AvgIpc) is 2.40. The number of aromatic nitrogens is 2. The first kappa shape index (κ1) is 11.9.